The number of hydrogen-bond acceptors (Lipinski definition) is 2. The van der Waals surface area contributed by atoms with Crippen LogP contribution in [0.2, 0.25) is 0 Å². The van der Waals surface area contributed by atoms with Gasteiger partial charge >= 0.3 is 5.97 Å². The maximum atomic E-state index is 11.4. The number of carboxylic acid groups (broad SMARTS) is 1. The fourth-order valence-electron chi connectivity index (χ4n) is 2.30. The lowest BCUT2D eigenvalue weighted by Crippen LogP contribution is -2.22. The normalized spacial score (nSPS) is 11.0. The average molecular weight is 288 g/mol. The van der Waals surface area contributed by atoms with Gasteiger partial charge in [-0.05, 0) is 23.6 Å². The summed E-state index contributed by atoms with van der Waals surface area (Å²) in [5.41, 5.74) is 2.68. The second-order valence-electron chi connectivity index (χ2n) is 5.37. The molecule has 0 atom stereocenters. The predicted molar refractivity (Wildman–Crippen MR) is 81.5 cm³/mol. The van der Waals surface area contributed by atoms with Gasteiger partial charge in [-0.15, -0.1) is 0 Å². The second kappa shape index (κ2) is 5.99. The molecule has 0 aliphatic rings. The Morgan fingerprint density at radius 2 is 2.05 bits per heavy atom. The van der Waals surface area contributed by atoms with E-state index in [0.717, 1.165) is 16.5 Å². The molecule has 21 heavy (non-hydrogen) atoms. The van der Waals surface area contributed by atoms with E-state index in [-0.39, 0.29) is 18.1 Å². The van der Waals surface area contributed by atoms with Crippen LogP contribution in [0.25, 0.3) is 10.9 Å². The molecule has 1 amide bonds. The first kappa shape index (κ1) is 15.1. The van der Waals surface area contributed by atoms with Gasteiger partial charge in [-0.1, -0.05) is 26.8 Å². The highest BCUT2D eigenvalue weighted by molar-refractivity contribution is 5.97. The van der Waals surface area contributed by atoms with E-state index in [1.165, 1.54) is 0 Å². The number of aromatic amines is 1. The Kier molecular flexibility index (Phi) is 4.31. The molecule has 0 radical (unpaired) electrons. The average Bonchev–Trinajstić information content (AvgIpc) is 2.82. The third kappa shape index (κ3) is 3.07. The zero-order valence-corrected chi connectivity index (χ0v) is 12.5. The number of nitrogens with one attached hydrogen (secondary N) is 2. The maximum absolute atomic E-state index is 11.4. The van der Waals surface area contributed by atoms with E-state index in [9.17, 15) is 14.7 Å². The van der Waals surface area contributed by atoms with Crippen molar-refractivity contribution in [2.75, 3.05) is 0 Å². The molecule has 0 saturated heterocycles. The molecule has 0 aliphatic heterocycles. The molecule has 5 nitrogen and oxygen atoms in total. The zero-order valence-electron chi connectivity index (χ0n) is 12.5. The molecule has 0 aliphatic carbocycles. The van der Waals surface area contributed by atoms with E-state index in [0.29, 0.717) is 17.9 Å². The van der Waals surface area contributed by atoms with Crippen molar-refractivity contribution < 1.29 is 14.7 Å². The van der Waals surface area contributed by atoms with Gasteiger partial charge in [0, 0.05) is 29.4 Å². The van der Waals surface area contributed by atoms with Crippen molar-refractivity contribution >= 4 is 22.8 Å². The minimum Gasteiger partial charge on any atom is -0.477 e. The van der Waals surface area contributed by atoms with Gasteiger partial charge in [0.25, 0.3) is 0 Å². The van der Waals surface area contributed by atoms with Crippen molar-refractivity contribution in [1.29, 1.82) is 0 Å². The number of carbonyl (C=O) groups is 2. The Hall–Kier alpha value is -2.30. The molecule has 0 saturated carbocycles. The van der Waals surface area contributed by atoms with Gasteiger partial charge in [-0.25, -0.2) is 4.79 Å². The number of hydrogen-bond donors (Lipinski definition) is 3. The fraction of sp³-hybridized carbons (Fsp3) is 0.375. The van der Waals surface area contributed by atoms with Gasteiger partial charge in [-0.3, -0.25) is 4.79 Å². The number of amides is 1. The Morgan fingerprint density at radius 1 is 1.33 bits per heavy atom. The summed E-state index contributed by atoms with van der Waals surface area (Å²) in [7, 11) is 0. The van der Waals surface area contributed by atoms with Gasteiger partial charge in [0.1, 0.15) is 5.69 Å². The smallest absolute Gasteiger partial charge is 0.352 e. The van der Waals surface area contributed by atoms with Crippen LogP contribution in [0.3, 0.4) is 0 Å². The van der Waals surface area contributed by atoms with Crippen LogP contribution in [0.15, 0.2) is 18.2 Å². The molecular formula is C16H20N2O3. The van der Waals surface area contributed by atoms with E-state index in [2.05, 4.69) is 24.1 Å². The first-order valence-corrected chi connectivity index (χ1v) is 7.08. The Labute approximate surface area is 123 Å². The van der Waals surface area contributed by atoms with Crippen LogP contribution in [0.1, 0.15) is 54.7 Å². The molecule has 2 rings (SSSR count). The van der Waals surface area contributed by atoms with E-state index in [1.807, 2.05) is 18.2 Å². The minimum absolute atomic E-state index is 0.0966. The largest absolute Gasteiger partial charge is 0.477 e. The summed E-state index contributed by atoms with van der Waals surface area (Å²) < 4.78 is 0. The van der Waals surface area contributed by atoms with Crippen LogP contribution in [-0.2, 0) is 11.3 Å². The molecule has 5 heteroatoms. The predicted octanol–water partition coefficient (Wildman–Crippen LogP) is 3.02. The van der Waals surface area contributed by atoms with Gasteiger partial charge in [0.05, 0.1) is 0 Å². The monoisotopic (exact) mass is 288 g/mol. The van der Waals surface area contributed by atoms with Gasteiger partial charge in [0.15, 0.2) is 0 Å². The quantitative estimate of drug-likeness (QED) is 0.791. The summed E-state index contributed by atoms with van der Waals surface area (Å²) in [4.78, 5) is 25.7. The van der Waals surface area contributed by atoms with Crippen molar-refractivity contribution in [3.8, 4) is 0 Å². The number of benzene rings is 1. The number of fused-ring (bicyclic) bond motifs is 1. The molecule has 0 bridgehead atoms. The van der Waals surface area contributed by atoms with Gasteiger partial charge in [-0.2, -0.15) is 0 Å². The highest BCUT2D eigenvalue weighted by Gasteiger charge is 2.18. The van der Waals surface area contributed by atoms with E-state index < -0.39 is 5.97 Å². The lowest BCUT2D eigenvalue weighted by Gasteiger charge is -2.07. The summed E-state index contributed by atoms with van der Waals surface area (Å²) in [5.74, 6) is -0.755. The highest BCUT2D eigenvalue weighted by Crippen LogP contribution is 2.26. The van der Waals surface area contributed by atoms with Crippen LogP contribution < -0.4 is 5.32 Å². The molecule has 0 spiro atoms. The summed E-state index contributed by atoms with van der Waals surface area (Å²) in [6, 6.07) is 5.88. The van der Waals surface area contributed by atoms with Crippen molar-refractivity contribution in [2.24, 2.45) is 0 Å². The Morgan fingerprint density at radius 3 is 2.62 bits per heavy atom. The van der Waals surface area contributed by atoms with Crippen LogP contribution in [0, 0.1) is 0 Å². The van der Waals surface area contributed by atoms with Crippen molar-refractivity contribution in [1.82, 2.24) is 10.3 Å². The molecule has 1 heterocycles. The van der Waals surface area contributed by atoms with Crippen LogP contribution in [0.5, 0.6) is 0 Å². The fourth-order valence-corrected chi connectivity index (χ4v) is 2.30. The molecule has 3 N–H and O–H groups in total. The van der Waals surface area contributed by atoms with Gasteiger partial charge in [0.2, 0.25) is 5.91 Å². The zero-order chi connectivity index (χ0) is 15.6. The summed E-state index contributed by atoms with van der Waals surface area (Å²) in [6.45, 7) is 6.16. The van der Waals surface area contributed by atoms with Crippen molar-refractivity contribution in [3.63, 3.8) is 0 Å². The first-order valence-electron chi connectivity index (χ1n) is 7.08. The number of carbonyl (C=O) groups excluding carboxylic acids is 1. The number of carboxylic acids is 1. The first-order chi connectivity index (χ1) is 9.93. The number of rotatable bonds is 5. The number of aromatic carboxylic acids is 1. The molecular weight excluding hydrogens is 268 g/mol. The van der Waals surface area contributed by atoms with E-state index in [4.69, 9.17) is 0 Å². The molecule has 1 aromatic carbocycles. The summed E-state index contributed by atoms with van der Waals surface area (Å²) in [6.07, 6.45) is 0.377. The third-order valence-electron chi connectivity index (χ3n) is 3.59. The summed E-state index contributed by atoms with van der Waals surface area (Å²) >= 11 is 0. The lowest BCUT2D eigenvalue weighted by molar-refractivity contribution is -0.120. The molecule has 0 unspecified atom stereocenters. The number of H-pyrrole nitrogens is 1. The summed E-state index contributed by atoms with van der Waals surface area (Å²) in [5, 5.41) is 12.9. The SMILES string of the molecule is CCC(=O)NCc1c(C(=O)O)[nH]c2ccc(C(C)C)cc12. The Balaban J connectivity index is 2.51. The molecule has 112 valence electrons. The third-order valence-corrected chi connectivity index (χ3v) is 3.59. The van der Waals surface area contributed by atoms with Crippen LogP contribution in [0.4, 0.5) is 0 Å². The van der Waals surface area contributed by atoms with E-state index >= 15 is 0 Å². The highest BCUT2D eigenvalue weighted by atomic mass is 16.4. The Bertz CT molecular complexity index is 686. The topological polar surface area (TPSA) is 82.2 Å². The second-order valence-corrected chi connectivity index (χ2v) is 5.37. The van der Waals surface area contributed by atoms with Crippen LogP contribution in [-0.4, -0.2) is 22.0 Å². The van der Waals surface area contributed by atoms with Crippen molar-refractivity contribution in [2.45, 2.75) is 39.7 Å². The van der Waals surface area contributed by atoms with Gasteiger partial charge < -0.3 is 15.4 Å². The standard InChI is InChI=1S/C16H20N2O3/c1-4-14(19)17-8-12-11-7-10(9(2)3)5-6-13(11)18-15(12)16(20)21/h5-7,9,18H,4,8H2,1-3H3,(H,17,19)(H,20,21). The number of aromatic nitrogens is 1. The van der Waals surface area contributed by atoms with Crippen molar-refractivity contribution in [3.05, 3.63) is 35.0 Å². The molecule has 1 aromatic heterocycles. The van der Waals surface area contributed by atoms with Crippen LogP contribution >= 0.6 is 0 Å². The molecule has 0 fully saturated rings. The lowest BCUT2D eigenvalue weighted by atomic mass is 10.00. The van der Waals surface area contributed by atoms with E-state index in [1.54, 1.807) is 6.92 Å². The maximum Gasteiger partial charge on any atom is 0.352 e. The molecule has 2 aromatic rings. The minimum atomic E-state index is -1.02.